The van der Waals surface area contributed by atoms with Crippen molar-refractivity contribution in [2.45, 2.75) is 0 Å². The van der Waals surface area contributed by atoms with Crippen LogP contribution in [0.4, 0.5) is 4.39 Å². The molecule has 92 valence electrons. The normalized spacial score (nSPS) is 18.2. The Morgan fingerprint density at radius 3 is 2.78 bits per heavy atom. The van der Waals surface area contributed by atoms with Gasteiger partial charge >= 0.3 is 0 Å². The standard InChI is InChI=1S/C12H9FN2O2S/c1-15-11(17)9(10(16)14-12(15)18)6-7-3-2-4-8(13)5-7/h2-6H,1H3,(H,14,16,18). The number of halogens is 1. The number of nitrogens with zero attached hydrogens (tertiary/aromatic N) is 1. The first kappa shape index (κ1) is 12.4. The molecular weight excluding hydrogens is 255 g/mol. The molecule has 0 atom stereocenters. The quantitative estimate of drug-likeness (QED) is 0.469. The van der Waals surface area contributed by atoms with Crippen molar-refractivity contribution in [3.63, 3.8) is 0 Å². The second-order valence-corrected chi connectivity index (χ2v) is 4.12. The lowest BCUT2D eigenvalue weighted by molar-refractivity contribution is -0.128. The van der Waals surface area contributed by atoms with E-state index in [-0.39, 0.29) is 10.7 Å². The van der Waals surface area contributed by atoms with Crippen LogP contribution in [0.25, 0.3) is 6.08 Å². The van der Waals surface area contributed by atoms with Gasteiger partial charge < -0.3 is 0 Å². The van der Waals surface area contributed by atoms with Crippen LogP contribution in [0.5, 0.6) is 0 Å². The molecule has 1 saturated heterocycles. The lowest BCUT2D eigenvalue weighted by Crippen LogP contribution is -2.52. The molecule has 2 rings (SSSR count). The minimum Gasteiger partial charge on any atom is -0.298 e. The maximum atomic E-state index is 13.0. The van der Waals surface area contributed by atoms with Crippen LogP contribution < -0.4 is 5.32 Å². The SMILES string of the molecule is CN1C(=O)C(=Cc2cccc(F)c2)C(=O)NC1=S. The Kier molecular flexibility index (Phi) is 3.20. The molecule has 0 aliphatic carbocycles. The van der Waals surface area contributed by atoms with E-state index in [1.165, 1.54) is 31.3 Å². The number of amides is 2. The number of benzene rings is 1. The minimum absolute atomic E-state index is 0.0568. The monoisotopic (exact) mass is 264 g/mol. The highest BCUT2D eigenvalue weighted by atomic mass is 32.1. The van der Waals surface area contributed by atoms with Gasteiger partial charge in [0, 0.05) is 7.05 Å². The van der Waals surface area contributed by atoms with Crippen LogP contribution in [0.3, 0.4) is 0 Å². The summed E-state index contributed by atoms with van der Waals surface area (Å²) in [6, 6.07) is 5.62. The summed E-state index contributed by atoms with van der Waals surface area (Å²) in [4.78, 5) is 24.6. The number of hydrogen-bond donors (Lipinski definition) is 1. The number of thiocarbonyl (C=S) groups is 1. The highest BCUT2D eigenvalue weighted by Crippen LogP contribution is 2.14. The van der Waals surface area contributed by atoms with Crippen molar-refractivity contribution in [1.82, 2.24) is 10.2 Å². The van der Waals surface area contributed by atoms with E-state index in [1.54, 1.807) is 6.07 Å². The summed E-state index contributed by atoms with van der Waals surface area (Å²) in [5, 5.41) is 2.44. The zero-order chi connectivity index (χ0) is 13.3. The molecule has 1 aliphatic heterocycles. The summed E-state index contributed by atoms with van der Waals surface area (Å²) in [6.07, 6.45) is 1.33. The van der Waals surface area contributed by atoms with E-state index in [2.05, 4.69) is 5.32 Å². The first-order valence-corrected chi connectivity index (χ1v) is 5.50. The molecule has 1 N–H and O–H groups in total. The van der Waals surface area contributed by atoms with E-state index in [4.69, 9.17) is 12.2 Å². The van der Waals surface area contributed by atoms with Crippen molar-refractivity contribution in [3.8, 4) is 0 Å². The van der Waals surface area contributed by atoms with E-state index in [9.17, 15) is 14.0 Å². The number of carbonyl (C=O) groups is 2. The summed E-state index contributed by atoms with van der Waals surface area (Å²) in [5.74, 6) is -1.52. The first-order chi connectivity index (χ1) is 8.49. The van der Waals surface area contributed by atoms with Crippen LogP contribution in [0.1, 0.15) is 5.56 Å². The van der Waals surface area contributed by atoms with Gasteiger partial charge in [0.05, 0.1) is 0 Å². The summed E-state index contributed by atoms with van der Waals surface area (Å²) in [5.41, 5.74) is 0.367. The van der Waals surface area contributed by atoms with Gasteiger partial charge in [-0.2, -0.15) is 0 Å². The highest BCUT2D eigenvalue weighted by Gasteiger charge is 2.30. The number of hydrogen-bond acceptors (Lipinski definition) is 3. The maximum Gasteiger partial charge on any atom is 0.265 e. The summed E-state index contributed by atoms with van der Waals surface area (Å²) < 4.78 is 13.0. The largest absolute Gasteiger partial charge is 0.298 e. The Labute approximate surface area is 108 Å². The van der Waals surface area contributed by atoms with Gasteiger partial charge in [-0.25, -0.2) is 4.39 Å². The van der Waals surface area contributed by atoms with Crippen LogP contribution in [-0.2, 0) is 9.59 Å². The second-order valence-electron chi connectivity index (χ2n) is 3.74. The molecule has 1 heterocycles. The minimum atomic E-state index is -0.577. The smallest absolute Gasteiger partial charge is 0.265 e. The molecule has 0 bridgehead atoms. The predicted molar refractivity (Wildman–Crippen MR) is 67.9 cm³/mol. The zero-order valence-electron chi connectivity index (χ0n) is 9.44. The fourth-order valence-electron chi connectivity index (χ4n) is 1.51. The van der Waals surface area contributed by atoms with Crippen LogP contribution in [-0.4, -0.2) is 28.9 Å². The van der Waals surface area contributed by atoms with Gasteiger partial charge in [0.25, 0.3) is 11.8 Å². The molecule has 18 heavy (non-hydrogen) atoms. The predicted octanol–water partition coefficient (Wildman–Crippen LogP) is 1.08. The molecule has 2 amide bonds. The molecule has 4 nitrogen and oxygen atoms in total. The fourth-order valence-corrected chi connectivity index (χ4v) is 1.68. The Hall–Kier alpha value is -2.08. The van der Waals surface area contributed by atoms with Gasteiger partial charge in [0.15, 0.2) is 5.11 Å². The molecule has 0 spiro atoms. The van der Waals surface area contributed by atoms with Crippen LogP contribution in [0.15, 0.2) is 29.8 Å². The van der Waals surface area contributed by atoms with E-state index >= 15 is 0 Å². The molecule has 1 aromatic carbocycles. The van der Waals surface area contributed by atoms with Gasteiger partial charge in [-0.05, 0) is 36.0 Å². The van der Waals surface area contributed by atoms with Crippen molar-refractivity contribution < 1.29 is 14.0 Å². The topological polar surface area (TPSA) is 49.4 Å². The van der Waals surface area contributed by atoms with Crippen molar-refractivity contribution in [3.05, 3.63) is 41.2 Å². The van der Waals surface area contributed by atoms with Gasteiger partial charge in [-0.3, -0.25) is 19.8 Å². The first-order valence-electron chi connectivity index (χ1n) is 5.09. The Balaban J connectivity index is 2.40. The van der Waals surface area contributed by atoms with Gasteiger partial charge in [-0.1, -0.05) is 12.1 Å². The van der Waals surface area contributed by atoms with E-state index in [0.717, 1.165) is 4.90 Å². The lowest BCUT2D eigenvalue weighted by Gasteiger charge is -2.24. The van der Waals surface area contributed by atoms with Crippen LogP contribution >= 0.6 is 12.2 Å². The molecule has 0 unspecified atom stereocenters. The number of likely N-dealkylation sites (N-methyl/N-ethyl adjacent to an activating group) is 1. The molecule has 1 aliphatic rings. The average Bonchev–Trinajstić information content (AvgIpc) is 2.32. The second kappa shape index (κ2) is 4.66. The third kappa shape index (κ3) is 2.28. The summed E-state index contributed by atoms with van der Waals surface area (Å²) >= 11 is 4.81. The van der Waals surface area contributed by atoms with Gasteiger partial charge in [-0.15, -0.1) is 0 Å². The summed E-state index contributed by atoms with van der Waals surface area (Å²) in [6.45, 7) is 0. The fraction of sp³-hybridized carbons (Fsp3) is 0.0833. The molecule has 6 heteroatoms. The van der Waals surface area contributed by atoms with Gasteiger partial charge in [0.2, 0.25) is 0 Å². The molecular formula is C12H9FN2O2S. The Morgan fingerprint density at radius 1 is 1.39 bits per heavy atom. The maximum absolute atomic E-state index is 13.0. The lowest BCUT2D eigenvalue weighted by atomic mass is 10.1. The number of rotatable bonds is 1. The third-order valence-electron chi connectivity index (χ3n) is 2.46. The van der Waals surface area contributed by atoms with E-state index < -0.39 is 17.6 Å². The Morgan fingerprint density at radius 2 is 2.11 bits per heavy atom. The van der Waals surface area contributed by atoms with Crippen LogP contribution in [0, 0.1) is 5.82 Å². The number of nitrogens with one attached hydrogen (secondary N) is 1. The van der Waals surface area contributed by atoms with Crippen molar-refractivity contribution in [1.29, 1.82) is 0 Å². The molecule has 0 saturated carbocycles. The van der Waals surface area contributed by atoms with Crippen LogP contribution in [0.2, 0.25) is 0 Å². The zero-order valence-corrected chi connectivity index (χ0v) is 10.3. The summed E-state index contributed by atoms with van der Waals surface area (Å²) in [7, 11) is 1.46. The average molecular weight is 264 g/mol. The van der Waals surface area contributed by atoms with E-state index in [1.807, 2.05) is 0 Å². The van der Waals surface area contributed by atoms with Crippen molar-refractivity contribution in [2.24, 2.45) is 0 Å². The molecule has 1 aromatic rings. The highest BCUT2D eigenvalue weighted by molar-refractivity contribution is 7.80. The molecule has 1 fully saturated rings. The molecule has 0 radical (unpaired) electrons. The molecule has 0 aromatic heterocycles. The Bertz CT molecular complexity index is 583. The van der Waals surface area contributed by atoms with Crippen molar-refractivity contribution in [2.75, 3.05) is 7.05 Å². The van der Waals surface area contributed by atoms with E-state index in [0.29, 0.717) is 5.56 Å². The van der Waals surface area contributed by atoms with Gasteiger partial charge in [0.1, 0.15) is 11.4 Å². The van der Waals surface area contributed by atoms with Crippen molar-refractivity contribution >= 4 is 35.2 Å². The number of carbonyl (C=O) groups excluding carboxylic acids is 2. The third-order valence-corrected chi connectivity index (χ3v) is 2.84.